The Balaban J connectivity index is 1.31. The number of hydrogen-bond acceptors (Lipinski definition) is 7. The number of ether oxygens (including phenoxy) is 2. The summed E-state index contributed by atoms with van der Waals surface area (Å²) in [6.45, 7) is 10.5. The minimum atomic E-state index is 0.497. The summed E-state index contributed by atoms with van der Waals surface area (Å²) in [5, 5.41) is 0. The number of rotatable bonds is 7. The van der Waals surface area contributed by atoms with Gasteiger partial charge in [0.1, 0.15) is 12.4 Å². The highest BCUT2D eigenvalue weighted by Gasteiger charge is 2.19. The first-order chi connectivity index (χ1) is 15.7. The number of benzene rings is 1. The van der Waals surface area contributed by atoms with Gasteiger partial charge < -0.3 is 14.4 Å². The zero-order valence-electron chi connectivity index (χ0n) is 19.1. The van der Waals surface area contributed by atoms with Gasteiger partial charge in [0.25, 0.3) is 0 Å². The number of hydrogen-bond donors (Lipinski definition) is 0. The largest absolute Gasteiger partial charge is 0.462 e. The summed E-state index contributed by atoms with van der Waals surface area (Å²) in [4.78, 5) is 14.2. The van der Waals surface area contributed by atoms with Crippen molar-refractivity contribution >= 4 is 23.2 Å². The van der Waals surface area contributed by atoms with Gasteiger partial charge in [-0.05, 0) is 42.5 Å². The molecular formula is C25H32N4O2S. The summed E-state index contributed by atoms with van der Waals surface area (Å²) >= 11 is 1.94. The van der Waals surface area contributed by atoms with Crippen LogP contribution in [-0.2, 0) is 17.6 Å². The Kier molecular flexibility index (Phi) is 6.67. The lowest BCUT2D eigenvalue weighted by Gasteiger charge is -2.26. The first kappa shape index (κ1) is 21.7. The van der Waals surface area contributed by atoms with Gasteiger partial charge in [0.05, 0.1) is 24.8 Å². The number of nitrogens with zero attached hydrogens (tertiary/aromatic N) is 4. The fourth-order valence-electron chi connectivity index (χ4n) is 4.59. The Bertz CT molecular complexity index is 997. The van der Waals surface area contributed by atoms with Crippen LogP contribution in [0.3, 0.4) is 0 Å². The maximum Gasteiger partial charge on any atom is 0.318 e. The number of thioether (sulfide) groups is 1. The number of allylic oxidation sites excluding steroid dienone is 2. The van der Waals surface area contributed by atoms with Gasteiger partial charge in [-0.1, -0.05) is 23.8 Å². The zero-order chi connectivity index (χ0) is 21.9. The van der Waals surface area contributed by atoms with E-state index in [-0.39, 0.29) is 0 Å². The van der Waals surface area contributed by atoms with E-state index in [9.17, 15) is 0 Å². The third-order valence-electron chi connectivity index (χ3n) is 6.62. The Hall–Kier alpha value is -2.09. The molecule has 3 heterocycles. The number of aromatic nitrogens is 2. The highest BCUT2D eigenvalue weighted by Crippen LogP contribution is 2.33. The lowest BCUT2D eigenvalue weighted by atomic mass is 10.0. The fourth-order valence-corrected chi connectivity index (χ4v) is 5.55. The first-order valence-electron chi connectivity index (χ1n) is 11.6. The van der Waals surface area contributed by atoms with Crippen LogP contribution in [0.1, 0.15) is 36.2 Å². The van der Waals surface area contributed by atoms with E-state index < -0.39 is 0 Å². The normalized spacial score (nSPS) is 19.0. The molecular weight excluding hydrogens is 420 g/mol. The molecule has 0 saturated carbocycles. The van der Waals surface area contributed by atoms with Crippen molar-refractivity contribution in [2.24, 2.45) is 0 Å². The lowest BCUT2D eigenvalue weighted by Crippen LogP contribution is -2.38. The quantitative estimate of drug-likeness (QED) is 0.636. The third-order valence-corrected chi connectivity index (χ3v) is 7.58. The van der Waals surface area contributed by atoms with E-state index in [0.29, 0.717) is 12.6 Å². The van der Waals surface area contributed by atoms with Crippen molar-refractivity contribution in [1.82, 2.24) is 14.9 Å². The lowest BCUT2D eigenvalue weighted by molar-refractivity contribution is 0.0317. The maximum atomic E-state index is 6.04. The van der Waals surface area contributed by atoms with Crippen LogP contribution in [0.2, 0.25) is 0 Å². The summed E-state index contributed by atoms with van der Waals surface area (Å²) in [6, 6.07) is 9.50. The van der Waals surface area contributed by atoms with E-state index >= 15 is 0 Å². The molecule has 2 fully saturated rings. The second kappa shape index (κ2) is 9.81. The standard InChI is InChI=1S/C25H32N4O2S/c1-18-13-21-14-20(3-4-23(21)19(18)2)15-22-16-24(29-8-12-32-17-29)27-25(26-22)31-11-7-28-5-9-30-10-6-28/h3-4,14,16H,5-13,15,17H2,1-2H3. The van der Waals surface area contributed by atoms with Crippen molar-refractivity contribution in [3.8, 4) is 6.01 Å². The number of anilines is 1. The van der Waals surface area contributed by atoms with Crippen LogP contribution in [0.4, 0.5) is 5.82 Å². The molecule has 0 atom stereocenters. The van der Waals surface area contributed by atoms with Gasteiger partial charge in [-0.3, -0.25) is 4.90 Å². The molecule has 2 aromatic rings. The van der Waals surface area contributed by atoms with Crippen LogP contribution < -0.4 is 9.64 Å². The molecule has 1 aliphatic carbocycles. The highest BCUT2D eigenvalue weighted by molar-refractivity contribution is 7.99. The Morgan fingerprint density at radius 1 is 1.09 bits per heavy atom. The molecule has 2 saturated heterocycles. The predicted octanol–water partition coefficient (Wildman–Crippen LogP) is 3.64. The molecule has 6 nitrogen and oxygen atoms in total. The van der Waals surface area contributed by atoms with Crippen molar-refractivity contribution in [3.05, 3.63) is 52.2 Å². The van der Waals surface area contributed by atoms with Crippen LogP contribution in [0, 0.1) is 0 Å². The molecule has 0 bridgehead atoms. The van der Waals surface area contributed by atoms with E-state index in [1.807, 2.05) is 11.8 Å². The van der Waals surface area contributed by atoms with Gasteiger partial charge in [-0.2, -0.15) is 9.97 Å². The molecule has 0 unspecified atom stereocenters. The smallest absolute Gasteiger partial charge is 0.318 e. The molecule has 2 aliphatic heterocycles. The molecule has 3 aliphatic rings. The van der Waals surface area contributed by atoms with Crippen molar-refractivity contribution in [2.45, 2.75) is 26.7 Å². The van der Waals surface area contributed by atoms with Crippen LogP contribution in [0.15, 0.2) is 29.8 Å². The minimum Gasteiger partial charge on any atom is -0.462 e. The molecule has 0 spiro atoms. The van der Waals surface area contributed by atoms with Crippen molar-refractivity contribution < 1.29 is 9.47 Å². The second-order valence-electron chi connectivity index (χ2n) is 8.85. The predicted molar refractivity (Wildman–Crippen MR) is 131 cm³/mol. The molecule has 0 radical (unpaired) electrons. The molecule has 0 N–H and O–H groups in total. The van der Waals surface area contributed by atoms with Crippen LogP contribution >= 0.6 is 11.8 Å². The summed E-state index contributed by atoms with van der Waals surface area (Å²) in [6.07, 6.45) is 1.85. The molecule has 170 valence electrons. The van der Waals surface area contributed by atoms with Crippen LogP contribution in [0.25, 0.3) is 5.57 Å². The van der Waals surface area contributed by atoms with Crippen molar-refractivity contribution in [2.75, 3.05) is 62.5 Å². The van der Waals surface area contributed by atoms with E-state index in [1.54, 1.807) is 0 Å². The van der Waals surface area contributed by atoms with Gasteiger partial charge in [0.2, 0.25) is 0 Å². The average Bonchev–Trinajstić information content (AvgIpc) is 3.43. The van der Waals surface area contributed by atoms with E-state index in [1.165, 1.54) is 27.8 Å². The van der Waals surface area contributed by atoms with E-state index in [4.69, 9.17) is 19.4 Å². The molecule has 1 aromatic carbocycles. The highest BCUT2D eigenvalue weighted by atomic mass is 32.2. The van der Waals surface area contributed by atoms with Gasteiger partial charge in [-0.25, -0.2) is 0 Å². The molecule has 1 aromatic heterocycles. The fraction of sp³-hybridized carbons (Fsp3) is 0.520. The Labute approximate surface area is 195 Å². The molecule has 5 rings (SSSR count). The van der Waals surface area contributed by atoms with E-state index in [2.05, 4.69) is 47.9 Å². The average molecular weight is 453 g/mol. The maximum absolute atomic E-state index is 6.04. The Morgan fingerprint density at radius 3 is 2.78 bits per heavy atom. The zero-order valence-corrected chi connectivity index (χ0v) is 19.9. The van der Waals surface area contributed by atoms with Gasteiger partial charge >= 0.3 is 6.01 Å². The van der Waals surface area contributed by atoms with E-state index in [0.717, 1.165) is 75.4 Å². The van der Waals surface area contributed by atoms with Crippen LogP contribution in [0.5, 0.6) is 6.01 Å². The minimum absolute atomic E-state index is 0.497. The van der Waals surface area contributed by atoms with Crippen molar-refractivity contribution in [1.29, 1.82) is 0 Å². The second-order valence-corrected chi connectivity index (χ2v) is 9.93. The van der Waals surface area contributed by atoms with Crippen molar-refractivity contribution in [3.63, 3.8) is 0 Å². The van der Waals surface area contributed by atoms with Gasteiger partial charge in [0, 0.05) is 44.4 Å². The number of fused-ring (bicyclic) bond motifs is 1. The summed E-state index contributed by atoms with van der Waals surface area (Å²) in [5.74, 6) is 3.10. The SMILES string of the molecule is CC1=C(C)c2ccc(Cc3cc(N4CCSC4)nc(OCCN4CCOCC4)n3)cc2C1. The first-order valence-corrected chi connectivity index (χ1v) is 12.7. The third kappa shape index (κ3) is 4.95. The van der Waals surface area contributed by atoms with Gasteiger partial charge in [0.15, 0.2) is 0 Å². The Morgan fingerprint density at radius 2 is 1.97 bits per heavy atom. The molecule has 7 heteroatoms. The van der Waals surface area contributed by atoms with Crippen LogP contribution in [-0.4, -0.2) is 72.5 Å². The summed E-state index contributed by atoms with van der Waals surface area (Å²) in [5.41, 5.74) is 8.06. The summed E-state index contributed by atoms with van der Waals surface area (Å²) in [7, 11) is 0. The van der Waals surface area contributed by atoms with Gasteiger partial charge in [-0.15, -0.1) is 11.8 Å². The summed E-state index contributed by atoms with van der Waals surface area (Å²) < 4.78 is 11.5. The molecule has 32 heavy (non-hydrogen) atoms. The number of morpholine rings is 1. The molecule has 0 amide bonds. The monoisotopic (exact) mass is 452 g/mol. The topological polar surface area (TPSA) is 50.7 Å².